The fourth-order valence-electron chi connectivity index (χ4n) is 2.51. The van der Waals surface area contributed by atoms with Gasteiger partial charge in [-0.1, -0.05) is 30.3 Å². The van der Waals surface area contributed by atoms with Crippen LogP contribution in [0.1, 0.15) is 34.5 Å². The zero-order valence-corrected chi connectivity index (χ0v) is 13.1. The number of benzene rings is 2. The van der Waals surface area contributed by atoms with Crippen LogP contribution in [-0.4, -0.2) is 24.2 Å². The standard InChI is InChI=1S/C18H20FNO3/c1-12(17(23-2)15-8-3-4-9-16(15)19)20-11-13-6-5-7-14(10-13)18(21)22/h3-10,12,17,20H,11H2,1-2H3,(H,21,22). The van der Waals surface area contributed by atoms with Crippen molar-refractivity contribution in [3.63, 3.8) is 0 Å². The number of aromatic carboxylic acids is 1. The van der Waals surface area contributed by atoms with Crippen LogP contribution in [0.25, 0.3) is 0 Å². The van der Waals surface area contributed by atoms with Crippen molar-refractivity contribution in [1.29, 1.82) is 0 Å². The van der Waals surface area contributed by atoms with E-state index in [2.05, 4.69) is 5.32 Å². The molecule has 23 heavy (non-hydrogen) atoms. The molecule has 0 bridgehead atoms. The summed E-state index contributed by atoms with van der Waals surface area (Å²) in [6.45, 7) is 2.37. The molecule has 0 fully saturated rings. The molecular weight excluding hydrogens is 297 g/mol. The second-order valence-corrected chi connectivity index (χ2v) is 5.35. The van der Waals surface area contributed by atoms with Crippen molar-refractivity contribution >= 4 is 5.97 Å². The Morgan fingerprint density at radius 1 is 1.26 bits per heavy atom. The summed E-state index contributed by atoms with van der Waals surface area (Å²) < 4.78 is 19.4. The molecule has 2 rings (SSSR count). The molecule has 0 heterocycles. The first-order valence-corrected chi connectivity index (χ1v) is 7.35. The van der Waals surface area contributed by atoms with Crippen LogP contribution in [0.4, 0.5) is 4.39 Å². The van der Waals surface area contributed by atoms with E-state index in [9.17, 15) is 9.18 Å². The first-order valence-electron chi connectivity index (χ1n) is 7.35. The highest BCUT2D eigenvalue weighted by Crippen LogP contribution is 2.23. The largest absolute Gasteiger partial charge is 0.478 e. The fraction of sp³-hybridized carbons (Fsp3) is 0.278. The van der Waals surface area contributed by atoms with Crippen molar-refractivity contribution in [1.82, 2.24) is 5.32 Å². The number of methoxy groups -OCH3 is 1. The average molecular weight is 317 g/mol. The Kier molecular flexibility index (Phi) is 5.84. The lowest BCUT2D eigenvalue weighted by Crippen LogP contribution is -2.33. The number of hydrogen-bond acceptors (Lipinski definition) is 3. The summed E-state index contributed by atoms with van der Waals surface area (Å²) in [7, 11) is 1.54. The lowest BCUT2D eigenvalue weighted by molar-refractivity contribution is 0.0692. The lowest BCUT2D eigenvalue weighted by Gasteiger charge is -2.24. The minimum Gasteiger partial charge on any atom is -0.478 e. The number of ether oxygens (including phenoxy) is 1. The van der Waals surface area contributed by atoms with E-state index in [1.54, 1.807) is 43.5 Å². The molecule has 4 nitrogen and oxygen atoms in total. The summed E-state index contributed by atoms with van der Waals surface area (Å²) in [6.07, 6.45) is -0.432. The van der Waals surface area contributed by atoms with Crippen LogP contribution in [0.15, 0.2) is 48.5 Å². The van der Waals surface area contributed by atoms with Gasteiger partial charge in [0.25, 0.3) is 0 Å². The Labute approximate surface area is 134 Å². The number of hydrogen-bond donors (Lipinski definition) is 2. The van der Waals surface area contributed by atoms with Gasteiger partial charge in [-0.05, 0) is 30.7 Å². The molecule has 2 N–H and O–H groups in total. The SMILES string of the molecule is COC(c1ccccc1F)C(C)NCc1cccc(C(=O)O)c1. The zero-order chi connectivity index (χ0) is 16.8. The third kappa shape index (κ3) is 4.37. The predicted octanol–water partition coefficient (Wildman–Crippen LogP) is 3.39. The fourth-order valence-corrected chi connectivity index (χ4v) is 2.51. The molecule has 2 unspecified atom stereocenters. The van der Waals surface area contributed by atoms with Crippen molar-refractivity contribution in [3.05, 3.63) is 71.0 Å². The molecule has 0 saturated heterocycles. The van der Waals surface area contributed by atoms with Gasteiger partial charge in [0, 0.05) is 25.3 Å². The van der Waals surface area contributed by atoms with Crippen LogP contribution in [0, 0.1) is 5.82 Å². The first-order chi connectivity index (χ1) is 11.0. The highest BCUT2D eigenvalue weighted by Gasteiger charge is 2.21. The number of carboxylic acids is 1. The molecule has 0 aliphatic rings. The summed E-state index contributed by atoms with van der Waals surface area (Å²) in [5.41, 5.74) is 1.59. The molecule has 2 aromatic rings. The minimum absolute atomic E-state index is 0.148. The highest BCUT2D eigenvalue weighted by atomic mass is 19.1. The molecule has 0 aliphatic heterocycles. The molecule has 0 spiro atoms. The molecule has 0 aliphatic carbocycles. The number of halogens is 1. The summed E-state index contributed by atoms with van der Waals surface area (Å²) in [5, 5.41) is 12.3. The number of nitrogens with one attached hydrogen (secondary N) is 1. The van der Waals surface area contributed by atoms with E-state index in [-0.39, 0.29) is 17.4 Å². The number of rotatable bonds is 7. The van der Waals surface area contributed by atoms with Gasteiger partial charge in [-0.25, -0.2) is 9.18 Å². The van der Waals surface area contributed by atoms with Crippen molar-refractivity contribution in [2.75, 3.05) is 7.11 Å². The van der Waals surface area contributed by atoms with E-state index in [1.165, 1.54) is 6.07 Å². The van der Waals surface area contributed by atoms with E-state index < -0.39 is 12.1 Å². The van der Waals surface area contributed by atoms with E-state index in [0.717, 1.165) is 5.56 Å². The third-order valence-corrected chi connectivity index (χ3v) is 3.72. The molecule has 0 radical (unpaired) electrons. The molecular formula is C18H20FNO3. The molecule has 0 aromatic heterocycles. The molecule has 0 saturated carbocycles. The lowest BCUT2D eigenvalue weighted by atomic mass is 10.0. The summed E-state index contributed by atoms with van der Waals surface area (Å²) in [4.78, 5) is 11.0. The molecule has 122 valence electrons. The van der Waals surface area contributed by atoms with E-state index >= 15 is 0 Å². The van der Waals surface area contributed by atoms with Crippen LogP contribution in [0.3, 0.4) is 0 Å². The molecule has 5 heteroatoms. The van der Waals surface area contributed by atoms with Crippen molar-refractivity contribution in [2.45, 2.75) is 25.6 Å². The van der Waals surface area contributed by atoms with Crippen LogP contribution in [0.2, 0.25) is 0 Å². The summed E-state index contributed by atoms with van der Waals surface area (Å²) in [5.74, 6) is -1.26. The quantitative estimate of drug-likeness (QED) is 0.822. The van der Waals surface area contributed by atoms with Gasteiger partial charge in [0.1, 0.15) is 5.82 Å². The van der Waals surface area contributed by atoms with Crippen molar-refractivity contribution in [3.8, 4) is 0 Å². The Hall–Kier alpha value is -2.24. The Bertz CT molecular complexity index is 675. The predicted molar refractivity (Wildman–Crippen MR) is 85.9 cm³/mol. The van der Waals surface area contributed by atoms with Gasteiger partial charge >= 0.3 is 5.97 Å². The minimum atomic E-state index is -0.957. The van der Waals surface area contributed by atoms with Gasteiger partial charge in [-0.15, -0.1) is 0 Å². The normalized spacial score (nSPS) is 13.5. The van der Waals surface area contributed by atoms with Gasteiger partial charge in [0.15, 0.2) is 0 Å². The third-order valence-electron chi connectivity index (χ3n) is 3.72. The van der Waals surface area contributed by atoms with Crippen molar-refractivity contribution < 1.29 is 19.0 Å². The van der Waals surface area contributed by atoms with Crippen LogP contribution < -0.4 is 5.32 Å². The van der Waals surface area contributed by atoms with Crippen LogP contribution in [-0.2, 0) is 11.3 Å². The second kappa shape index (κ2) is 7.85. The Morgan fingerprint density at radius 3 is 2.65 bits per heavy atom. The van der Waals surface area contributed by atoms with Gasteiger partial charge in [-0.3, -0.25) is 0 Å². The number of carboxylic acid groups (broad SMARTS) is 1. The average Bonchev–Trinajstić information content (AvgIpc) is 2.55. The summed E-state index contributed by atoms with van der Waals surface area (Å²) >= 11 is 0. The maximum atomic E-state index is 13.9. The maximum absolute atomic E-state index is 13.9. The second-order valence-electron chi connectivity index (χ2n) is 5.35. The smallest absolute Gasteiger partial charge is 0.335 e. The first kappa shape index (κ1) is 17.1. The highest BCUT2D eigenvalue weighted by molar-refractivity contribution is 5.87. The van der Waals surface area contributed by atoms with Gasteiger partial charge in [0.2, 0.25) is 0 Å². The zero-order valence-electron chi connectivity index (χ0n) is 13.1. The van der Waals surface area contributed by atoms with Gasteiger partial charge in [0.05, 0.1) is 11.7 Å². The van der Waals surface area contributed by atoms with E-state index in [0.29, 0.717) is 12.1 Å². The molecule has 0 amide bonds. The topological polar surface area (TPSA) is 58.6 Å². The van der Waals surface area contributed by atoms with Gasteiger partial charge in [-0.2, -0.15) is 0 Å². The van der Waals surface area contributed by atoms with E-state index in [4.69, 9.17) is 9.84 Å². The van der Waals surface area contributed by atoms with Crippen LogP contribution in [0.5, 0.6) is 0 Å². The molecule has 2 aromatic carbocycles. The van der Waals surface area contributed by atoms with Crippen LogP contribution >= 0.6 is 0 Å². The summed E-state index contributed by atoms with van der Waals surface area (Å²) in [6, 6.07) is 13.1. The molecule has 2 atom stereocenters. The van der Waals surface area contributed by atoms with Gasteiger partial charge < -0.3 is 15.2 Å². The maximum Gasteiger partial charge on any atom is 0.335 e. The Balaban J connectivity index is 2.06. The monoisotopic (exact) mass is 317 g/mol. The van der Waals surface area contributed by atoms with Crippen molar-refractivity contribution in [2.24, 2.45) is 0 Å². The number of carbonyl (C=O) groups is 1. The Morgan fingerprint density at radius 2 is 2.00 bits per heavy atom. The van der Waals surface area contributed by atoms with E-state index in [1.807, 2.05) is 13.0 Å².